The zero-order valence-electron chi connectivity index (χ0n) is 11.2. The molecular formula is C13H24N2O3. The quantitative estimate of drug-likeness (QED) is 0.686. The molecule has 0 heterocycles. The summed E-state index contributed by atoms with van der Waals surface area (Å²) in [6, 6.07) is -0.118. The molecule has 0 aromatic rings. The molecule has 1 aliphatic carbocycles. The molecule has 1 fully saturated rings. The lowest BCUT2D eigenvalue weighted by Crippen LogP contribution is -2.47. The lowest BCUT2D eigenvalue weighted by molar-refractivity contribution is -0.138. The van der Waals surface area contributed by atoms with Gasteiger partial charge in [-0.1, -0.05) is 32.6 Å². The third-order valence-electron chi connectivity index (χ3n) is 3.39. The second-order valence-electron chi connectivity index (χ2n) is 4.90. The maximum absolute atomic E-state index is 12.0. The first kappa shape index (κ1) is 14.8. The standard InChI is InChI=1S/C13H24N2O3/c1-2-3-6-9-14-13(18)15(10-12(16)17)11-7-4-5-8-11/h11H,2-10H2,1H3,(H,14,18)(H,16,17). The number of hydrogen-bond acceptors (Lipinski definition) is 2. The summed E-state index contributed by atoms with van der Waals surface area (Å²) in [7, 11) is 0. The van der Waals surface area contributed by atoms with E-state index < -0.39 is 5.97 Å². The molecule has 0 aromatic carbocycles. The Labute approximate surface area is 109 Å². The minimum atomic E-state index is -0.939. The van der Waals surface area contributed by atoms with E-state index in [4.69, 9.17) is 5.11 Å². The van der Waals surface area contributed by atoms with Gasteiger partial charge in [0.25, 0.3) is 0 Å². The monoisotopic (exact) mass is 256 g/mol. The third kappa shape index (κ3) is 4.94. The lowest BCUT2D eigenvalue weighted by Gasteiger charge is -2.27. The molecule has 0 radical (unpaired) electrons. The van der Waals surface area contributed by atoms with Gasteiger partial charge in [-0.3, -0.25) is 4.79 Å². The van der Waals surface area contributed by atoms with Crippen LogP contribution in [0.4, 0.5) is 4.79 Å². The Balaban J connectivity index is 2.42. The van der Waals surface area contributed by atoms with Gasteiger partial charge >= 0.3 is 12.0 Å². The van der Waals surface area contributed by atoms with Gasteiger partial charge in [0.15, 0.2) is 0 Å². The maximum atomic E-state index is 12.0. The van der Waals surface area contributed by atoms with Crippen molar-refractivity contribution in [3.8, 4) is 0 Å². The zero-order valence-corrected chi connectivity index (χ0v) is 11.2. The highest BCUT2D eigenvalue weighted by Crippen LogP contribution is 2.23. The number of nitrogens with one attached hydrogen (secondary N) is 1. The van der Waals surface area contributed by atoms with Crippen molar-refractivity contribution in [3.63, 3.8) is 0 Å². The number of nitrogens with zero attached hydrogens (tertiary/aromatic N) is 1. The first-order chi connectivity index (χ1) is 8.65. The summed E-state index contributed by atoms with van der Waals surface area (Å²) in [6.07, 6.45) is 7.17. The van der Waals surface area contributed by atoms with E-state index in [-0.39, 0.29) is 18.6 Å². The van der Waals surface area contributed by atoms with Gasteiger partial charge < -0.3 is 15.3 Å². The summed E-state index contributed by atoms with van der Waals surface area (Å²) in [4.78, 5) is 24.3. The van der Waals surface area contributed by atoms with E-state index in [1.54, 1.807) is 0 Å². The highest BCUT2D eigenvalue weighted by atomic mass is 16.4. The molecule has 2 amide bonds. The average molecular weight is 256 g/mol. The van der Waals surface area contributed by atoms with Gasteiger partial charge in [-0.05, 0) is 19.3 Å². The van der Waals surface area contributed by atoms with Crippen LogP contribution in [-0.2, 0) is 4.79 Å². The summed E-state index contributed by atoms with van der Waals surface area (Å²) < 4.78 is 0. The van der Waals surface area contributed by atoms with E-state index in [9.17, 15) is 9.59 Å². The van der Waals surface area contributed by atoms with E-state index in [1.165, 1.54) is 4.90 Å². The predicted molar refractivity (Wildman–Crippen MR) is 69.5 cm³/mol. The molecule has 0 spiro atoms. The molecule has 0 aromatic heterocycles. The predicted octanol–water partition coefficient (Wildman–Crippen LogP) is 2.22. The van der Waals surface area contributed by atoms with E-state index in [1.807, 2.05) is 0 Å². The first-order valence-electron chi connectivity index (χ1n) is 6.91. The highest BCUT2D eigenvalue weighted by Gasteiger charge is 2.27. The molecule has 18 heavy (non-hydrogen) atoms. The van der Waals surface area contributed by atoms with Crippen LogP contribution in [0.15, 0.2) is 0 Å². The molecule has 1 saturated carbocycles. The molecule has 1 rings (SSSR count). The Hall–Kier alpha value is -1.26. The number of aliphatic carboxylic acids is 1. The van der Waals surface area contributed by atoms with Crippen molar-refractivity contribution in [2.24, 2.45) is 0 Å². The van der Waals surface area contributed by atoms with E-state index in [0.29, 0.717) is 6.54 Å². The molecular weight excluding hydrogens is 232 g/mol. The van der Waals surface area contributed by atoms with Crippen molar-refractivity contribution in [1.82, 2.24) is 10.2 Å². The van der Waals surface area contributed by atoms with Gasteiger partial charge in [0.05, 0.1) is 0 Å². The normalized spacial score (nSPS) is 15.6. The number of unbranched alkanes of at least 4 members (excludes halogenated alkanes) is 2. The third-order valence-corrected chi connectivity index (χ3v) is 3.39. The van der Waals surface area contributed by atoms with Crippen LogP contribution in [0, 0.1) is 0 Å². The van der Waals surface area contributed by atoms with Crippen molar-refractivity contribution < 1.29 is 14.7 Å². The van der Waals surface area contributed by atoms with Gasteiger partial charge in [0, 0.05) is 12.6 Å². The fourth-order valence-corrected chi connectivity index (χ4v) is 2.40. The van der Waals surface area contributed by atoms with Gasteiger partial charge in [0.1, 0.15) is 6.54 Å². The molecule has 1 aliphatic rings. The van der Waals surface area contributed by atoms with Crippen LogP contribution in [0.1, 0.15) is 51.9 Å². The Morgan fingerprint density at radius 3 is 2.50 bits per heavy atom. The molecule has 104 valence electrons. The van der Waals surface area contributed by atoms with E-state index >= 15 is 0 Å². The van der Waals surface area contributed by atoms with Crippen LogP contribution >= 0.6 is 0 Å². The molecule has 5 nitrogen and oxygen atoms in total. The summed E-state index contributed by atoms with van der Waals surface area (Å²) in [6.45, 7) is 2.55. The van der Waals surface area contributed by atoms with Crippen molar-refractivity contribution in [2.75, 3.05) is 13.1 Å². The summed E-state index contributed by atoms with van der Waals surface area (Å²) in [5.41, 5.74) is 0. The smallest absolute Gasteiger partial charge is 0.323 e. The number of urea groups is 1. The first-order valence-corrected chi connectivity index (χ1v) is 6.91. The molecule has 0 saturated heterocycles. The fourth-order valence-electron chi connectivity index (χ4n) is 2.40. The number of carbonyl (C=O) groups excluding carboxylic acids is 1. The molecule has 0 atom stereocenters. The van der Waals surface area contributed by atoms with Crippen LogP contribution in [0.5, 0.6) is 0 Å². The van der Waals surface area contributed by atoms with Gasteiger partial charge in [-0.25, -0.2) is 4.79 Å². The minimum Gasteiger partial charge on any atom is -0.480 e. The number of amides is 2. The van der Waals surface area contributed by atoms with Crippen molar-refractivity contribution in [3.05, 3.63) is 0 Å². The molecule has 2 N–H and O–H groups in total. The van der Waals surface area contributed by atoms with Crippen LogP contribution in [0.25, 0.3) is 0 Å². The highest BCUT2D eigenvalue weighted by molar-refractivity contribution is 5.80. The average Bonchev–Trinajstić information content (AvgIpc) is 2.84. The Kier molecular flexibility index (Phi) is 6.54. The summed E-state index contributed by atoms with van der Waals surface area (Å²) in [5.74, 6) is -0.939. The molecule has 0 unspecified atom stereocenters. The Bertz CT molecular complexity index is 275. The van der Waals surface area contributed by atoms with Crippen molar-refractivity contribution in [1.29, 1.82) is 0 Å². The van der Waals surface area contributed by atoms with Crippen LogP contribution in [0.3, 0.4) is 0 Å². The summed E-state index contributed by atoms with van der Waals surface area (Å²) in [5, 5.41) is 11.7. The number of carboxylic acid groups (broad SMARTS) is 1. The maximum Gasteiger partial charge on any atom is 0.323 e. The molecule has 0 bridgehead atoms. The molecule has 0 aliphatic heterocycles. The van der Waals surface area contributed by atoms with Crippen molar-refractivity contribution >= 4 is 12.0 Å². The number of carboxylic acids is 1. The van der Waals surface area contributed by atoms with Crippen LogP contribution in [0.2, 0.25) is 0 Å². The lowest BCUT2D eigenvalue weighted by atomic mass is 10.2. The van der Waals surface area contributed by atoms with Crippen LogP contribution in [-0.4, -0.2) is 41.1 Å². The van der Waals surface area contributed by atoms with Gasteiger partial charge in [-0.15, -0.1) is 0 Å². The number of carbonyl (C=O) groups is 2. The molecule has 5 heteroatoms. The number of rotatable bonds is 7. The van der Waals surface area contributed by atoms with Gasteiger partial charge in [-0.2, -0.15) is 0 Å². The van der Waals surface area contributed by atoms with E-state index in [2.05, 4.69) is 12.2 Å². The summed E-state index contributed by atoms with van der Waals surface area (Å²) >= 11 is 0. The number of hydrogen-bond donors (Lipinski definition) is 2. The zero-order chi connectivity index (χ0) is 13.4. The van der Waals surface area contributed by atoms with Crippen molar-refractivity contribution in [2.45, 2.75) is 57.9 Å². The van der Waals surface area contributed by atoms with E-state index in [0.717, 1.165) is 44.9 Å². The topological polar surface area (TPSA) is 69.6 Å². The second-order valence-corrected chi connectivity index (χ2v) is 4.90. The van der Waals surface area contributed by atoms with Crippen LogP contribution < -0.4 is 5.32 Å². The second kappa shape index (κ2) is 7.95. The SMILES string of the molecule is CCCCCNC(=O)N(CC(=O)O)C1CCCC1. The largest absolute Gasteiger partial charge is 0.480 e. The Morgan fingerprint density at radius 2 is 1.94 bits per heavy atom. The Morgan fingerprint density at radius 1 is 1.28 bits per heavy atom. The van der Waals surface area contributed by atoms with Gasteiger partial charge in [0.2, 0.25) is 0 Å². The fraction of sp³-hybridized carbons (Fsp3) is 0.846. The minimum absolute atomic E-state index is 0.104.